The van der Waals surface area contributed by atoms with Crippen LogP contribution in [0, 0.1) is 5.92 Å². The quantitative estimate of drug-likeness (QED) is 0.252. The number of hydrogen-bond donors (Lipinski definition) is 5. The fraction of sp³-hybridized carbons (Fsp3) is 0.423. The maximum Gasteiger partial charge on any atom is 0.332 e. The van der Waals surface area contributed by atoms with Crippen molar-refractivity contribution in [1.29, 1.82) is 0 Å². The largest absolute Gasteiger partial charge is 0.479 e. The molecule has 0 fully saturated rings. The lowest BCUT2D eigenvalue weighted by atomic mass is 9.94. The highest BCUT2D eigenvalue weighted by atomic mass is 16.6. The normalized spacial score (nSPS) is 14.4. The molecule has 0 spiro atoms. The second kappa shape index (κ2) is 14.2. The van der Waals surface area contributed by atoms with Crippen LogP contribution in [0.1, 0.15) is 31.7 Å². The summed E-state index contributed by atoms with van der Waals surface area (Å²) >= 11 is 0. The lowest BCUT2D eigenvalue weighted by molar-refractivity contribution is -0.159. The Labute approximate surface area is 204 Å². The van der Waals surface area contributed by atoms with Gasteiger partial charge in [0.05, 0.1) is 19.1 Å². The number of aliphatic hydroxyl groups is 3. The van der Waals surface area contributed by atoms with Crippen molar-refractivity contribution in [3.8, 4) is 11.1 Å². The van der Waals surface area contributed by atoms with Crippen LogP contribution in [0.5, 0.6) is 0 Å². The molecule has 0 aliphatic rings. The van der Waals surface area contributed by atoms with E-state index in [-0.39, 0.29) is 37.6 Å². The van der Waals surface area contributed by atoms with Gasteiger partial charge in [0.2, 0.25) is 5.91 Å². The standard InChI is InChI=1S/C26H33NO8/c1-17(7-12-21(29)26(33)34)13-22(30)23(35-25(32)16-28)15-27-24(31)14-18-8-10-20(11-9-18)19-5-3-2-4-6-19/h2-6,8-11,17,21-23,28-30H,7,12-16H2,1H3,(H,27,31)(H,33,34). The molecule has 1 amide bonds. The summed E-state index contributed by atoms with van der Waals surface area (Å²) in [7, 11) is 0. The monoisotopic (exact) mass is 487 g/mol. The molecule has 4 atom stereocenters. The van der Waals surface area contributed by atoms with Gasteiger partial charge in [-0.3, -0.25) is 4.79 Å². The lowest BCUT2D eigenvalue weighted by Gasteiger charge is -2.25. The van der Waals surface area contributed by atoms with Gasteiger partial charge in [0, 0.05) is 0 Å². The first-order valence-electron chi connectivity index (χ1n) is 11.5. The predicted molar refractivity (Wildman–Crippen MR) is 128 cm³/mol. The van der Waals surface area contributed by atoms with Crippen LogP contribution in [-0.2, 0) is 25.5 Å². The van der Waals surface area contributed by atoms with E-state index in [1.54, 1.807) is 6.92 Å². The molecule has 35 heavy (non-hydrogen) atoms. The van der Waals surface area contributed by atoms with E-state index in [4.69, 9.17) is 14.9 Å². The SMILES string of the molecule is CC(CCC(O)C(=O)O)CC(O)C(CNC(=O)Cc1ccc(-c2ccccc2)cc1)OC(=O)CO. The van der Waals surface area contributed by atoms with E-state index in [9.17, 15) is 24.6 Å². The third kappa shape index (κ3) is 9.86. The number of carbonyl (C=O) groups is 3. The minimum absolute atomic E-state index is 0.0180. The summed E-state index contributed by atoms with van der Waals surface area (Å²) in [5, 5.41) is 40.4. The van der Waals surface area contributed by atoms with E-state index in [1.807, 2.05) is 54.6 Å². The first-order valence-corrected chi connectivity index (χ1v) is 11.5. The predicted octanol–water partition coefficient (Wildman–Crippen LogP) is 1.53. The molecule has 0 aliphatic carbocycles. The van der Waals surface area contributed by atoms with Crippen molar-refractivity contribution in [3.05, 3.63) is 60.2 Å². The molecule has 9 nitrogen and oxygen atoms in total. The Balaban J connectivity index is 1.89. The minimum atomic E-state index is -1.49. The molecule has 4 unspecified atom stereocenters. The van der Waals surface area contributed by atoms with Gasteiger partial charge in [-0.25, -0.2) is 9.59 Å². The summed E-state index contributed by atoms with van der Waals surface area (Å²) in [6, 6.07) is 17.4. The van der Waals surface area contributed by atoms with Gasteiger partial charge in [0.1, 0.15) is 12.7 Å². The molecular formula is C26H33NO8. The highest BCUT2D eigenvalue weighted by molar-refractivity contribution is 5.79. The summed E-state index contributed by atoms with van der Waals surface area (Å²) in [6.45, 7) is 0.740. The third-order valence-electron chi connectivity index (χ3n) is 5.63. The van der Waals surface area contributed by atoms with E-state index in [2.05, 4.69) is 5.32 Å². The van der Waals surface area contributed by atoms with Crippen LogP contribution in [0.15, 0.2) is 54.6 Å². The molecule has 9 heteroatoms. The Bertz CT molecular complexity index is 948. The summed E-state index contributed by atoms with van der Waals surface area (Å²) in [6.07, 6.45) is -3.15. The Morgan fingerprint density at radius 1 is 0.943 bits per heavy atom. The van der Waals surface area contributed by atoms with Crippen molar-refractivity contribution in [2.75, 3.05) is 13.2 Å². The van der Waals surface area contributed by atoms with Crippen LogP contribution in [0.4, 0.5) is 0 Å². The van der Waals surface area contributed by atoms with E-state index in [0.29, 0.717) is 6.42 Å². The van der Waals surface area contributed by atoms with Crippen LogP contribution in [0.2, 0.25) is 0 Å². The average molecular weight is 488 g/mol. The number of amides is 1. The first-order chi connectivity index (χ1) is 16.7. The van der Waals surface area contributed by atoms with Crippen molar-refractivity contribution in [1.82, 2.24) is 5.32 Å². The Morgan fingerprint density at radius 2 is 1.57 bits per heavy atom. The van der Waals surface area contributed by atoms with E-state index in [0.717, 1.165) is 16.7 Å². The number of carboxylic acids is 1. The first kappa shape index (κ1) is 28.0. The number of esters is 1. The fourth-order valence-electron chi connectivity index (χ4n) is 3.62. The highest BCUT2D eigenvalue weighted by Crippen LogP contribution is 2.20. The van der Waals surface area contributed by atoms with E-state index in [1.165, 1.54) is 0 Å². The Morgan fingerprint density at radius 3 is 2.17 bits per heavy atom. The van der Waals surface area contributed by atoms with Gasteiger partial charge < -0.3 is 30.5 Å². The van der Waals surface area contributed by atoms with Gasteiger partial charge in [0.15, 0.2) is 6.10 Å². The number of rotatable bonds is 14. The second-order valence-electron chi connectivity index (χ2n) is 8.57. The van der Waals surface area contributed by atoms with Crippen molar-refractivity contribution in [2.24, 2.45) is 5.92 Å². The number of carbonyl (C=O) groups excluding carboxylic acids is 2. The second-order valence-corrected chi connectivity index (χ2v) is 8.57. The van der Waals surface area contributed by atoms with Gasteiger partial charge in [-0.05, 0) is 41.9 Å². The molecule has 0 bridgehead atoms. The van der Waals surface area contributed by atoms with Gasteiger partial charge >= 0.3 is 11.9 Å². The summed E-state index contributed by atoms with van der Waals surface area (Å²) in [4.78, 5) is 34.8. The molecule has 2 rings (SSSR count). The van der Waals surface area contributed by atoms with Gasteiger partial charge in [-0.1, -0.05) is 61.5 Å². The summed E-state index contributed by atoms with van der Waals surface area (Å²) in [5.41, 5.74) is 2.88. The molecule has 0 saturated heterocycles. The van der Waals surface area contributed by atoms with Crippen LogP contribution >= 0.6 is 0 Å². The smallest absolute Gasteiger partial charge is 0.332 e. The molecule has 0 saturated carbocycles. The van der Waals surface area contributed by atoms with Gasteiger partial charge in [0.25, 0.3) is 0 Å². The van der Waals surface area contributed by atoms with Crippen LogP contribution in [-0.4, -0.2) is 69.7 Å². The van der Waals surface area contributed by atoms with E-state index >= 15 is 0 Å². The zero-order valence-corrected chi connectivity index (χ0v) is 19.7. The van der Waals surface area contributed by atoms with Crippen molar-refractivity contribution in [2.45, 2.75) is 50.9 Å². The maximum absolute atomic E-state index is 12.4. The van der Waals surface area contributed by atoms with Crippen molar-refractivity contribution >= 4 is 17.8 Å². The van der Waals surface area contributed by atoms with Crippen LogP contribution in [0.25, 0.3) is 11.1 Å². The van der Waals surface area contributed by atoms with Crippen molar-refractivity contribution in [3.63, 3.8) is 0 Å². The van der Waals surface area contributed by atoms with E-state index < -0.39 is 36.9 Å². The number of aliphatic hydroxyl groups excluding tert-OH is 3. The molecule has 0 aliphatic heterocycles. The minimum Gasteiger partial charge on any atom is -0.479 e. The highest BCUT2D eigenvalue weighted by Gasteiger charge is 2.26. The molecule has 190 valence electrons. The molecule has 2 aromatic rings. The zero-order chi connectivity index (χ0) is 25.8. The van der Waals surface area contributed by atoms with Gasteiger partial charge in [-0.15, -0.1) is 0 Å². The molecular weight excluding hydrogens is 454 g/mol. The molecule has 5 N–H and O–H groups in total. The number of ether oxygens (including phenoxy) is 1. The zero-order valence-electron chi connectivity index (χ0n) is 19.7. The molecule has 0 radical (unpaired) electrons. The molecule has 2 aromatic carbocycles. The summed E-state index contributed by atoms with van der Waals surface area (Å²) in [5.74, 6) is -2.76. The summed E-state index contributed by atoms with van der Waals surface area (Å²) < 4.78 is 5.09. The fourth-order valence-corrected chi connectivity index (χ4v) is 3.62. The number of carboxylic acid groups (broad SMARTS) is 1. The van der Waals surface area contributed by atoms with Crippen LogP contribution in [0.3, 0.4) is 0 Å². The van der Waals surface area contributed by atoms with Gasteiger partial charge in [-0.2, -0.15) is 0 Å². The third-order valence-corrected chi connectivity index (χ3v) is 5.63. The van der Waals surface area contributed by atoms with Crippen molar-refractivity contribution < 1.29 is 39.5 Å². The Hall–Kier alpha value is -3.27. The number of nitrogens with one attached hydrogen (secondary N) is 1. The maximum atomic E-state index is 12.4. The average Bonchev–Trinajstić information content (AvgIpc) is 2.85. The van der Waals surface area contributed by atoms with Crippen LogP contribution < -0.4 is 5.32 Å². The topological polar surface area (TPSA) is 153 Å². The number of hydrogen-bond acceptors (Lipinski definition) is 7. The molecule has 0 heterocycles. The number of benzene rings is 2. The molecule has 0 aromatic heterocycles. The number of aliphatic carboxylic acids is 1. The lowest BCUT2D eigenvalue weighted by Crippen LogP contribution is -2.43. The Kier molecular flexibility index (Phi) is 11.4.